The summed E-state index contributed by atoms with van der Waals surface area (Å²) >= 11 is 0. The topological polar surface area (TPSA) is 63.7 Å². The number of carbonyl (C=O) groups excluding carboxylic acids is 3. The van der Waals surface area contributed by atoms with Crippen molar-refractivity contribution in [2.75, 3.05) is 0 Å². The third-order valence-corrected chi connectivity index (χ3v) is 8.14. The van der Waals surface area contributed by atoms with E-state index in [1.165, 1.54) is 16.0 Å². The minimum atomic E-state index is -0.553. The van der Waals surface area contributed by atoms with Gasteiger partial charge in [-0.2, -0.15) is 0 Å². The Balaban J connectivity index is 1.43. The van der Waals surface area contributed by atoms with Crippen LogP contribution in [0.15, 0.2) is 60.7 Å². The Morgan fingerprint density at radius 3 is 2.51 bits per heavy atom. The minimum absolute atomic E-state index is 0.109. The second kappa shape index (κ2) is 8.47. The summed E-state index contributed by atoms with van der Waals surface area (Å²) in [5.41, 5.74) is 2.00. The van der Waals surface area contributed by atoms with Crippen molar-refractivity contribution in [1.82, 2.24) is 4.90 Å². The van der Waals surface area contributed by atoms with E-state index in [1.807, 2.05) is 51.1 Å². The molecule has 35 heavy (non-hydrogen) atoms. The van der Waals surface area contributed by atoms with Gasteiger partial charge < -0.3 is 4.74 Å². The maximum Gasteiger partial charge on any atom is 0.316 e. The molecule has 5 nitrogen and oxygen atoms in total. The number of carbonyl (C=O) groups is 3. The van der Waals surface area contributed by atoms with E-state index in [0.29, 0.717) is 23.1 Å². The first-order valence-electron chi connectivity index (χ1n) is 12.6. The zero-order chi connectivity index (χ0) is 25.0. The number of ether oxygens (including phenoxy) is 1. The zero-order valence-corrected chi connectivity index (χ0v) is 20.9. The number of nitrogens with zero attached hydrogens (tertiary/aromatic N) is 1. The molecule has 0 bridgehead atoms. The Labute approximate surface area is 207 Å². The fraction of sp³-hybridized carbons (Fsp3) is 0.433. The molecular formula is C30H33NO4. The standard InChI is InChI=1S/C30H33NO4/c1-29(2,3)28(34)35-21-11-13-22-20(18-21)10-12-24-23(22)16-17-30(4)25(24)14-15-26(32)31(30)27(33)19-8-6-5-7-9-19/h5-9,11,13-15,18,23-25H,10,12,16-17H2,1-4H3/t23-,24-,25+,30+/m1/s1. The van der Waals surface area contributed by atoms with Crippen LogP contribution >= 0.6 is 0 Å². The summed E-state index contributed by atoms with van der Waals surface area (Å²) in [7, 11) is 0. The van der Waals surface area contributed by atoms with Gasteiger partial charge in [-0.3, -0.25) is 19.3 Å². The molecule has 182 valence electrons. The summed E-state index contributed by atoms with van der Waals surface area (Å²) in [6.07, 6.45) is 7.18. The summed E-state index contributed by atoms with van der Waals surface area (Å²) in [5, 5.41) is 0. The van der Waals surface area contributed by atoms with Crippen LogP contribution in [-0.4, -0.2) is 28.2 Å². The summed E-state index contributed by atoms with van der Waals surface area (Å²) in [6.45, 7) is 7.64. The molecule has 0 saturated heterocycles. The van der Waals surface area contributed by atoms with Crippen LogP contribution in [-0.2, 0) is 16.0 Å². The zero-order valence-electron chi connectivity index (χ0n) is 20.9. The van der Waals surface area contributed by atoms with Gasteiger partial charge in [-0.15, -0.1) is 0 Å². The third-order valence-electron chi connectivity index (χ3n) is 8.14. The Morgan fingerprint density at radius 1 is 1.06 bits per heavy atom. The highest BCUT2D eigenvalue weighted by Crippen LogP contribution is 2.55. The molecule has 1 fully saturated rings. The number of hydrogen-bond acceptors (Lipinski definition) is 4. The fourth-order valence-electron chi connectivity index (χ4n) is 6.28. The molecule has 1 heterocycles. The van der Waals surface area contributed by atoms with Crippen molar-refractivity contribution >= 4 is 17.8 Å². The molecule has 5 rings (SSSR count). The van der Waals surface area contributed by atoms with Crippen LogP contribution in [0.1, 0.15) is 74.4 Å². The summed E-state index contributed by atoms with van der Waals surface area (Å²) < 4.78 is 5.65. The molecule has 0 unspecified atom stereocenters. The molecule has 2 aliphatic carbocycles. The predicted molar refractivity (Wildman–Crippen MR) is 134 cm³/mol. The molecule has 1 saturated carbocycles. The Morgan fingerprint density at radius 2 is 1.80 bits per heavy atom. The fourth-order valence-corrected chi connectivity index (χ4v) is 6.28. The van der Waals surface area contributed by atoms with Crippen LogP contribution in [0.4, 0.5) is 0 Å². The molecule has 0 spiro atoms. The van der Waals surface area contributed by atoms with Gasteiger partial charge in [0.05, 0.1) is 11.0 Å². The molecule has 5 heteroatoms. The van der Waals surface area contributed by atoms with Crippen molar-refractivity contribution in [2.45, 2.75) is 64.8 Å². The van der Waals surface area contributed by atoms with Gasteiger partial charge in [-0.25, -0.2) is 0 Å². The second-order valence-electron chi connectivity index (χ2n) is 11.4. The first-order chi connectivity index (χ1) is 16.6. The van der Waals surface area contributed by atoms with Crippen molar-refractivity contribution in [3.8, 4) is 5.75 Å². The van der Waals surface area contributed by atoms with Crippen LogP contribution in [0.3, 0.4) is 0 Å². The Kier molecular flexibility index (Phi) is 5.70. The average Bonchev–Trinajstić information content (AvgIpc) is 2.82. The molecule has 2 amide bonds. The van der Waals surface area contributed by atoms with Crippen LogP contribution in [0.2, 0.25) is 0 Å². The van der Waals surface area contributed by atoms with Gasteiger partial charge in [0.15, 0.2) is 0 Å². The monoisotopic (exact) mass is 471 g/mol. The highest BCUT2D eigenvalue weighted by molar-refractivity contribution is 6.09. The maximum absolute atomic E-state index is 13.5. The molecule has 0 N–H and O–H groups in total. The van der Waals surface area contributed by atoms with Gasteiger partial charge in [0.2, 0.25) is 0 Å². The molecular weight excluding hydrogens is 438 g/mol. The maximum atomic E-state index is 13.5. The largest absolute Gasteiger partial charge is 0.426 e. The van der Waals surface area contributed by atoms with Crippen molar-refractivity contribution < 1.29 is 19.1 Å². The highest BCUT2D eigenvalue weighted by atomic mass is 16.5. The van der Waals surface area contributed by atoms with Gasteiger partial charge in [0.25, 0.3) is 11.8 Å². The molecule has 2 aromatic carbocycles. The predicted octanol–water partition coefficient (Wildman–Crippen LogP) is 5.69. The molecule has 0 radical (unpaired) electrons. The van der Waals surface area contributed by atoms with Crippen molar-refractivity contribution in [1.29, 1.82) is 0 Å². The van der Waals surface area contributed by atoms with E-state index in [0.717, 1.165) is 25.7 Å². The average molecular weight is 472 g/mol. The van der Waals surface area contributed by atoms with Crippen LogP contribution < -0.4 is 4.74 Å². The van der Waals surface area contributed by atoms with Gasteiger partial charge in [0, 0.05) is 11.5 Å². The lowest BCUT2D eigenvalue weighted by Gasteiger charge is -2.55. The number of amides is 2. The smallest absolute Gasteiger partial charge is 0.316 e. The number of fused-ring (bicyclic) bond motifs is 5. The summed E-state index contributed by atoms with van der Waals surface area (Å²) in [4.78, 5) is 40.3. The quantitative estimate of drug-likeness (QED) is 0.321. The molecule has 1 aliphatic heterocycles. The van der Waals surface area contributed by atoms with Gasteiger partial charge in [0.1, 0.15) is 5.75 Å². The Bertz CT molecular complexity index is 1210. The molecule has 0 aromatic heterocycles. The number of hydrogen-bond donors (Lipinski definition) is 0. The van der Waals surface area contributed by atoms with Crippen molar-refractivity contribution in [3.63, 3.8) is 0 Å². The van der Waals surface area contributed by atoms with Crippen molar-refractivity contribution in [2.24, 2.45) is 17.3 Å². The number of imide groups is 1. The van der Waals surface area contributed by atoms with Gasteiger partial charge in [-0.05, 0) is 107 Å². The normalized spacial score (nSPS) is 27.5. The number of rotatable bonds is 2. The summed E-state index contributed by atoms with van der Waals surface area (Å²) in [6, 6.07) is 15.1. The lowest BCUT2D eigenvalue weighted by atomic mass is 9.56. The van der Waals surface area contributed by atoms with Crippen LogP contribution in [0.5, 0.6) is 5.75 Å². The lowest BCUT2D eigenvalue weighted by molar-refractivity contribution is -0.143. The Hall–Kier alpha value is -3.21. The van der Waals surface area contributed by atoms with Crippen LogP contribution in [0, 0.1) is 17.3 Å². The first-order valence-corrected chi connectivity index (χ1v) is 12.6. The number of benzene rings is 2. The summed E-state index contributed by atoms with van der Waals surface area (Å²) in [5.74, 6) is 0.740. The van der Waals surface area contributed by atoms with Crippen LogP contribution in [0.25, 0.3) is 0 Å². The lowest BCUT2D eigenvalue weighted by Crippen LogP contribution is -2.62. The van der Waals surface area contributed by atoms with Gasteiger partial charge >= 0.3 is 5.97 Å². The van der Waals surface area contributed by atoms with Gasteiger partial charge in [-0.1, -0.05) is 30.3 Å². The minimum Gasteiger partial charge on any atom is -0.426 e. The third kappa shape index (κ3) is 4.01. The first kappa shape index (κ1) is 23.5. The molecule has 4 atom stereocenters. The number of aryl methyl sites for hydroxylation is 1. The second-order valence-corrected chi connectivity index (χ2v) is 11.4. The van der Waals surface area contributed by atoms with E-state index < -0.39 is 11.0 Å². The highest BCUT2D eigenvalue weighted by Gasteiger charge is 2.54. The SMILES string of the molecule is CC(C)(C)C(=O)Oc1ccc2c(c1)CC[C@@H]1[C@@H]2CC[C@@]2(C)[C@H]1C=CC(=O)N2C(=O)c1ccccc1. The molecule has 2 aromatic rings. The van der Waals surface area contributed by atoms with E-state index in [2.05, 4.69) is 19.1 Å². The van der Waals surface area contributed by atoms with E-state index in [-0.39, 0.29) is 23.7 Å². The number of esters is 1. The van der Waals surface area contributed by atoms with Crippen molar-refractivity contribution in [3.05, 3.63) is 77.4 Å². The van der Waals surface area contributed by atoms with E-state index in [4.69, 9.17) is 4.74 Å². The van der Waals surface area contributed by atoms with E-state index in [1.54, 1.807) is 18.2 Å². The van der Waals surface area contributed by atoms with E-state index in [9.17, 15) is 14.4 Å². The van der Waals surface area contributed by atoms with E-state index >= 15 is 0 Å². The molecule has 3 aliphatic rings.